The third-order valence-corrected chi connectivity index (χ3v) is 3.89. The molecule has 0 spiro atoms. The molecule has 2 rings (SSSR count). The van der Waals surface area contributed by atoms with Crippen molar-refractivity contribution in [1.82, 2.24) is 15.0 Å². The predicted molar refractivity (Wildman–Crippen MR) is 83.2 cm³/mol. The van der Waals surface area contributed by atoms with E-state index >= 15 is 0 Å². The van der Waals surface area contributed by atoms with E-state index in [1.54, 1.807) is 7.05 Å². The second-order valence-electron chi connectivity index (χ2n) is 7.26. The monoisotopic (exact) mass is 297 g/mol. The van der Waals surface area contributed by atoms with E-state index in [-0.39, 0.29) is 5.28 Å². The second-order valence-corrected chi connectivity index (χ2v) is 7.59. The smallest absolute Gasteiger partial charge is 0.229 e. The molecule has 112 valence electrons. The van der Waals surface area contributed by atoms with Crippen LogP contribution in [0.1, 0.15) is 47.0 Å². The van der Waals surface area contributed by atoms with Gasteiger partial charge in [-0.25, -0.2) is 0 Å². The highest BCUT2D eigenvalue weighted by molar-refractivity contribution is 6.28. The van der Waals surface area contributed by atoms with Gasteiger partial charge in [-0.2, -0.15) is 15.0 Å². The van der Waals surface area contributed by atoms with Crippen LogP contribution in [0.25, 0.3) is 0 Å². The molecule has 20 heavy (non-hydrogen) atoms. The molecule has 0 amide bonds. The van der Waals surface area contributed by atoms with Crippen LogP contribution in [0.2, 0.25) is 5.28 Å². The Labute approximate surface area is 126 Å². The largest absolute Gasteiger partial charge is 0.357 e. The number of hydrogen-bond acceptors (Lipinski definition) is 5. The summed E-state index contributed by atoms with van der Waals surface area (Å²) in [5.74, 6) is 1.04. The highest BCUT2D eigenvalue weighted by Crippen LogP contribution is 2.46. The summed E-state index contributed by atoms with van der Waals surface area (Å²) in [4.78, 5) is 12.5. The molecule has 0 unspecified atom stereocenters. The Kier molecular flexibility index (Phi) is 4.09. The van der Waals surface area contributed by atoms with Crippen LogP contribution in [-0.4, -0.2) is 28.0 Å². The molecule has 1 aromatic rings. The summed E-state index contributed by atoms with van der Waals surface area (Å²) in [6, 6.07) is 0.358. The van der Waals surface area contributed by atoms with Crippen LogP contribution in [0.15, 0.2) is 0 Å². The minimum absolute atomic E-state index is 0.209. The molecule has 2 N–H and O–H groups in total. The molecular formula is C14H24ClN5. The van der Waals surface area contributed by atoms with Gasteiger partial charge in [-0.3, -0.25) is 0 Å². The molecular weight excluding hydrogens is 274 g/mol. The maximum Gasteiger partial charge on any atom is 0.229 e. The Balaban J connectivity index is 2.15. The molecule has 5 nitrogen and oxygen atoms in total. The van der Waals surface area contributed by atoms with Gasteiger partial charge in [0, 0.05) is 13.1 Å². The minimum atomic E-state index is 0.209. The topological polar surface area (TPSA) is 62.7 Å². The van der Waals surface area contributed by atoms with E-state index in [0.717, 1.165) is 12.8 Å². The molecule has 1 aromatic heterocycles. The normalized spacial score (nSPS) is 21.5. The summed E-state index contributed by atoms with van der Waals surface area (Å²) >= 11 is 5.92. The number of rotatable bonds is 3. The fourth-order valence-electron chi connectivity index (χ4n) is 3.66. The lowest BCUT2D eigenvalue weighted by molar-refractivity contribution is 0.105. The van der Waals surface area contributed by atoms with Crippen LogP contribution < -0.4 is 10.6 Å². The van der Waals surface area contributed by atoms with E-state index in [4.69, 9.17) is 11.6 Å². The molecule has 0 bridgehead atoms. The number of nitrogens with zero attached hydrogens (tertiary/aromatic N) is 3. The van der Waals surface area contributed by atoms with Gasteiger partial charge in [-0.1, -0.05) is 27.7 Å². The Bertz CT molecular complexity index is 470. The van der Waals surface area contributed by atoms with Crippen LogP contribution in [0.4, 0.5) is 11.9 Å². The molecule has 1 aliphatic carbocycles. The Morgan fingerprint density at radius 2 is 1.55 bits per heavy atom. The standard InChI is InChI=1S/C14H24ClN5/c1-13(2)6-9(7-14(3,4)8-13)17-12-19-10(15)18-11(16-5)20-12/h9H,6-8H2,1-5H3,(H2,16,17,18,19,20). The first-order chi connectivity index (χ1) is 9.19. The van der Waals surface area contributed by atoms with Gasteiger partial charge < -0.3 is 10.6 Å². The van der Waals surface area contributed by atoms with E-state index in [2.05, 4.69) is 53.3 Å². The molecule has 1 saturated carbocycles. The zero-order valence-electron chi connectivity index (χ0n) is 12.9. The van der Waals surface area contributed by atoms with Crippen LogP contribution in [0, 0.1) is 10.8 Å². The summed E-state index contributed by atoms with van der Waals surface area (Å²) in [6.45, 7) is 9.29. The van der Waals surface area contributed by atoms with Crippen molar-refractivity contribution < 1.29 is 0 Å². The first-order valence-corrected chi connectivity index (χ1v) is 7.43. The van der Waals surface area contributed by atoms with Gasteiger partial charge in [0.1, 0.15) is 0 Å². The quantitative estimate of drug-likeness (QED) is 0.893. The molecule has 0 radical (unpaired) electrons. The molecule has 0 atom stereocenters. The van der Waals surface area contributed by atoms with Crippen LogP contribution in [-0.2, 0) is 0 Å². The van der Waals surface area contributed by atoms with Crippen LogP contribution >= 0.6 is 11.6 Å². The highest BCUT2D eigenvalue weighted by atomic mass is 35.5. The Hall–Kier alpha value is -1.10. The summed E-state index contributed by atoms with van der Waals surface area (Å²) in [7, 11) is 1.77. The third kappa shape index (κ3) is 3.95. The predicted octanol–water partition coefficient (Wildman–Crippen LogP) is 3.58. The number of aromatic nitrogens is 3. The molecule has 1 aliphatic rings. The van der Waals surface area contributed by atoms with Gasteiger partial charge in [0.05, 0.1) is 0 Å². The summed E-state index contributed by atoms with van der Waals surface area (Å²) < 4.78 is 0. The van der Waals surface area contributed by atoms with Gasteiger partial charge in [-0.15, -0.1) is 0 Å². The summed E-state index contributed by atoms with van der Waals surface area (Å²) in [5, 5.41) is 6.52. The SMILES string of the molecule is CNc1nc(Cl)nc(NC2CC(C)(C)CC(C)(C)C2)n1. The van der Waals surface area contributed by atoms with E-state index in [1.165, 1.54) is 6.42 Å². The zero-order chi connectivity index (χ0) is 15.0. The van der Waals surface area contributed by atoms with E-state index in [1.807, 2.05) is 0 Å². The van der Waals surface area contributed by atoms with E-state index < -0.39 is 0 Å². The van der Waals surface area contributed by atoms with Crippen molar-refractivity contribution in [1.29, 1.82) is 0 Å². The fraction of sp³-hybridized carbons (Fsp3) is 0.786. The van der Waals surface area contributed by atoms with Gasteiger partial charge in [-0.05, 0) is 41.7 Å². The lowest BCUT2D eigenvalue weighted by Gasteiger charge is -2.45. The number of halogens is 1. The first kappa shape index (κ1) is 15.3. The fourth-order valence-corrected chi connectivity index (χ4v) is 3.82. The third-order valence-electron chi connectivity index (χ3n) is 3.72. The lowest BCUT2D eigenvalue weighted by atomic mass is 9.63. The highest BCUT2D eigenvalue weighted by Gasteiger charge is 2.38. The summed E-state index contributed by atoms with van der Waals surface area (Å²) in [6.07, 6.45) is 3.45. The van der Waals surface area contributed by atoms with Gasteiger partial charge >= 0.3 is 0 Å². The molecule has 0 aromatic carbocycles. The zero-order valence-corrected chi connectivity index (χ0v) is 13.7. The van der Waals surface area contributed by atoms with Crippen molar-refractivity contribution >= 4 is 23.5 Å². The number of hydrogen-bond donors (Lipinski definition) is 2. The Morgan fingerprint density at radius 3 is 2.10 bits per heavy atom. The van der Waals surface area contributed by atoms with Gasteiger partial charge in [0.2, 0.25) is 17.2 Å². The first-order valence-electron chi connectivity index (χ1n) is 7.05. The van der Waals surface area contributed by atoms with Gasteiger partial charge in [0.25, 0.3) is 0 Å². The van der Waals surface area contributed by atoms with Crippen molar-refractivity contribution in [3.05, 3.63) is 5.28 Å². The minimum Gasteiger partial charge on any atom is -0.357 e. The van der Waals surface area contributed by atoms with Crippen molar-refractivity contribution in [2.75, 3.05) is 17.7 Å². The number of anilines is 2. The maximum atomic E-state index is 5.92. The van der Waals surface area contributed by atoms with Crippen LogP contribution in [0.5, 0.6) is 0 Å². The van der Waals surface area contributed by atoms with E-state index in [0.29, 0.717) is 28.8 Å². The molecule has 0 saturated heterocycles. The summed E-state index contributed by atoms with van der Waals surface area (Å²) in [5.41, 5.74) is 0.643. The van der Waals surface area contributed by atoms with E-state index in [9.17, 15) is 0 Å². The molecule has 1 heterocycles. The molecule has 1 fully saturated rings. The molecule has 0 aliphatic heterocycles. The lowest BCUT2D eigenvalue weighted by Crippen LogP contribution is -2.40. The van der Waals surface area contributed by atoms with Crippen LogP contribution in [0.3, 0.4) is 0 Å². The van der Waals surface area contributed by atoms with Crippen molar-refractivity contribution in [2.45, 2.75) is 53.0 Å². The van der Waals surface area contributed by atoms with Crippen molar-refractivity contribution in [3.8, 4) is 0 Å². The second kappa shape index (κ2) is 5.35. The number of nitrogens with one attached hydrogen (secondary N) is 2. The molecule has 6 heteroatoms. The average molecular weight is 298 g/mol. The van der Waals surface area contributed by atoms with Crippen molar-refractivity contribution in [2.24, 2.45) is 10.8 Å². The van der Waals surface area contributed by atoms with Gasteiger partial charge in [0.15, 0.2) is 0 Å². The maximum absolute atomic E-state index is 5.92. The Morgan fingerprint density at radius 1 is 1.00 bits per heavy atom. The van der Waals surface area contributed by atoms with Crippen molar-refractivity contribution in [3.63, 3.8) is 0 Å². The average Bonchev–Trinajstić information content (AvgIpc) is 2.23.